The molecule has 0 aliphatic heterocycles. The van der Waals surface area contributed by atoms with Crippen LogP contribution >= 0.6 is 0 Å². The second kappa shape index (κ2) is 10.1. The molecule has 0 aromatic heterocycles. The predicted octanol–water partition coefficient (Wildman–Crippen LogP) is 2.75. The minimum absolute atomic E-state index is 0.214. The Kier molecular flexibility index (Phi) is 7.05. The standard InChI is InChI=1S/C23H23N3O5/c1-29-19-11-15(12-20(30-2)22(19)31-3)13-25-26-21(27)14-24-23(28)18-10-6-8-16-7-4-5-9-17(16)18/h4-13H,14H2,1-3H3,(H,24,28)(H,26,27)/b25-13-. The minimum Gasteiger partial charge on any atom is -0.493 e. The van der Waals surface area contributed by atoms with Crippen LogP contribution in [0.1, 0.15) is 15.9 Å². The van der Waals surface area contributed by atoms with Crippen LogP contribution in [0.15, 0.2) is 59.7 Å². The Labute approximate surface area is 179 Å². The fraction of sp³-hybridized carbons (Fsp3) is 0.174. The first-order valence-electron chi connectivity index (χ1n) is 9.45. The molecule has 8 nitrogen and oxygen atoms in total. The van der Waals surface area contributed by atoms with Crippen LogP contribution in [-0.4, -0.2) is 45.9 Å². The Balaban J connectivity index is 1.60. The average Bonchev–Trinajstić information content (AvgIpc) is 2.81. The molecule has 3 rings (SSSR count). The van der Waals surface area contributed by atoms with E-state index in [9.17, 15) is 9.59 Å². The lowest BCUT2D eigenvalue weighted by atomic mass is 10.0. The van der Waals surface area contributed by atoms with E-state index in [2.05, 4.69) is 15.8 Å². The fourth-order valence-electron chi connectivity index (χ4n) is 3.07. The molecule has 3 aromatic rings. The number of hydrogen-bond acceptors (Lipinski definition) is 6. The summed E-state index contributed by atoms with van der Waals surface area (Å²) in [6, 6.07) is 16.4. The van der Waals surface area contributed by atoms with Crippen LogP contribution in [0.2, 0.25) is 0 Å². The first-order chi connectivity index (χ1) is 15.1. The summed E-state index contributed by atoms with van der Waals surface area (Å²) in [5.41, 5.74) is 3.52. The maximum atomic E-state index is 12.5. The summed E-state index contributed by atoms with van der Waals surface area (Å²) in [6.07, 6.45) is 1.44. The molecular formula is C23H23N3O5. The minimum atomic E-state index is -0.461. The Morgan fingerprint density at radius 2 is 1.61 bits per heavy atom. The summed E-state index contributed by atoms with van der Waals surface area (Å²) in [7, 11) is 4.54. The van der Waals surface area contributed by atoms with Crippen molar-refractivity contribution in [3.8, 4) is 17.2 Å². The van der Waals surface area contributed by atoms with E-state index in [4.69, 9.17) is 14.2 Å². The highest BCUT2D eigenvalue weighted by Gasteiger charge is 2.13. The number of carbonyl (C=O) groups excluding carboxylic acids is 2. The summed E-state index contributed by atoms with van der Waals surface area (Å²) in [6.45, 7) is -0.214. The Bertz CT molecular complexity index is 1100. The zero-order valence-electron chi connectivity index (χ0n) is 17.5. The summed E-state index contributed by atoms with van der Waals surface area (Å²) < 4.78 is 15.8. The second-order valence-corrected chi connectivity index (χ2v) is 6.46. The lowest BCUT2D eigenvalue weighted by Gasteiger charge is -2.12. The Morgan fingerprint density at radius 3 is 2.29 bits per heavy atom. The highest BCUT2D eigenvalue weighted by Crippen LogP contribution is 2.37. The van der Waals surface area contributed by atoms with Gasteiger partial charge < -0.3 is 19.5 Å². The molecule has 0 aliphatic rings. The van der Waals surface area contributed by atoms with Gasteiger partial charge in [-0.2, -0.15) is 5.10 Å². The van der Waals surface area contributed by atoms with Gasteiger partial charge in [0.2, 0.25) is 5.75 Å². The van der Waals surface area contributed by atoms with Crippen molar-refractivity contribution in [2.24, 2.45) is 5.10 Å². The number of methoxy groups -OCH3 is 3. The van der Waals surface area contributed by atoms with Gasteiger partial charge in [-0.3, -0.25) is 9.59 Å². The topological polar surface area (TPSA) is 98.2 Å². The molecule has 0 saturated carbocycles. The van der Waals surface area contributed by atoms with Gasteiger partial charge in [0.05, 0.1) is 34.1 Å². The van der Waals surface area contributed by atoms with Gasteiger partial charge in [-0.25, -0.2) is 5.43 Å². The fourth-order valence-corrected chi connectivity index (χ4v) is 3.07. The van der Waals surface area contributed by atoms with E-state index in [-0.39, 0.29) is 12.5 Å². The molecule has 2 N–H and O–H groups in total. The van der Waals surface area contributed by atoms with Gasteiger partial charge in [-0.15, -0.1) is 0 Å². The van der Waals surface area contributed by atoms with Crippen molar-refractivity contribution in [1.82, 2.24) is 10.7 Å². The molecule has 0 spiro atoms. The smallest absolute Gasteiger partial charge is 0.259 e. The third-order valence-electron chi connectivity index (χ3n) is 4.53. The van der Waals surface area contributed by atoms with Crippen molar-refractivity contribution in [3.63, 3.8) is 0 Å². The number of nitrogens with zero attached hydrogens (tertiary/aromatic N) is 1. The molecular weight excluding hydrogens is 398 g/mol. The molecule has 3 aromatic carbocycles. The van der Waals surface area contributed by atoms with Gasteiger partial charge in [0.25, 0.3) is 11.8 Å². The molecule has 0 fully saturated rings. The molecule has 8 heteroatoms. The van der Waals surface area contributed by atoms with Crippen LogP contribution in [0, 0.1) is 0 Å². The van der Waals surface area contributed by atoms with E-state index >= 15 is 0 Å². The predicted molar refractivity (Wildman–Crippen MR) is 118 cm³/mol. The lowest BCUT2D eigenvalue weighted by Crippen LogP contribution is -2.35. The molecule has 0 heterocycles. The Hall–Kier alpha value is -4.07. The maximum absolute atomic E-state index is 12.5. The number of fused-ring (bicyclic) bond motifs is 1. The van der Waals surface area contributed by atoms with Gasteiger partial charge in [0, 0.05) is 11.1 Å². The number of benzene rings is 3. The average molecular weight is 421 g/mol. The molecule has 0 radical (unpaired) electrons. The largest absolute Gasteiger partial charge is 0.493 e. The van der Waals surface area contributed by atoms with E-state index in [1.165, 1.54) is 27.5 Å². The van der Waals surface area contributed by atoms with Crippen LogP contribution in [0.3, 0.4) is 0 Å². The van der Waals surface area contributed by atoms with E-state index in [0.717, 1.165) is 10.8 Å². The van der Waals surface area contributed by atoms with Crippen LogP contribution in [0.25, 0.3) is 10.8 Å². The molecule has 0 bridgehead atoms. The van der Waals surface area contributed by atoms with Crippen molar-refractivity contribution in [2.45, 2.75) is 0 Å². The van der Waals surface area contributed by atoms with Crippen molar-refractivity contribution in [1.29, 1.82) is 0 Å². The third kappa shape index (κ3) is 5.11. The van der Waals surface area contributed by atoms with Crippen molar-refractivity contribution in [3.05, 3.63) is 65.7 Å². The normalized spacial score (nSPS) is 10.7. The summed E-state index contributed by atoms with van der Waals surface area (Å²) in [5, 5.41) is 8.31. The number of hydrazone groups is 1. The van der Waals surface area contributed by atoms with Gasteiger partial charge in [0.15, 0.2) is 11.5 Å². The van der Waals surface area contributed by atoms with Gasteiger partial charge in [0.1, 0.15) is 0 Å². The molecule has 0 saturated heterocycles. The highest BCUT2D eigenvalue weighted by molar-refractivity contribution is 6.07. The van der Waals surface area contributed by atoms with Crippen LogP contribution in [0.4, 0.5) is 0 Å². The first-order valence-corrected chi connectivity index (χ1v) is 9.45. The molecule has 0 atom stereocenters. The number of carbonyl (C=O) groups is 2. The third-order valence-corrected chi connectivity index (χ3v) is 4.53. The monoisotopic (exact) mass is 421 g/mol. The Morgan fingerprint density at radius 1 is 0.935 bits per heavy atom. The molecule has 2 amide bonds. The van der Waals surface area contributed by atoms with Gasteiger partial charge in [-0.1, -0.05) is 36.4 Å². The number of nitrogens with one attached hydrogen (secondary N) is 2. The number of hydrogen-bond donors (Lipinski definition) is 2. The summed E-state index contributed by atoms with van der Waals surface area (Å²) >= 11 is 0. The zero-order chi connectivity index (χ0) is 22.2. The molecule has 31 heavy (non-hydrogen) atoms. The summed E-state index contributed by atoms with van der Waals surface area (Å²) in [4.78, 5) is 24.6. The zero-order valence-corrected chi connectivity index (χ0v) is 17.5. The maximum Gasteiger partial charge on any atom is 0.259 e. The van der Waals surface area contributed by atoms with Crippen molar-refractivity contribution in [2.75, 3.05) is 27.9 Å². The van der Waals surface area contributed by atoms with Crippen molar-refractivity contribution < 1.29 is 23.8 Å². The van der Waals surface area contributed by atoms with Gasteiger partial charge in [-0.05, 0) is 29.0 Å². The summed E-state index contributed by atoms with van der Waals surface area (Å²) in [5.74, 6) is 0.606. The van der Waals surface area contributed by atoms with E-state index in [1.807, 2.05) is 30.3 Å². The van der Waals surface area contributed by atoms with Crippen LogP contribution in [-0.2, 0) is 4.79 Å². The SMILES string of the molecule is COc1cc(/C=N\NC(=O)CNC(=O)c2cccc3ccccc23)cc(OC)c1OC. The molecule has 0 aliphatic carbocycles. The van der Waals surface area contributed by atoms with Crippen molar-refractivity contribution >= 4 is 28.8 Å². The number of ether oxygens (including phenoxy) is 3. The molecule has 0 unspecified atom stereocenters. The number of rotatable bonds is 8. The lowest BCUT2D eigenvalue weighted by molar-refractivity contribution is -0.120. The molecule has 160 valence electrons. The van der Waals surface area contributed by atoms with Gasteiger partial charge >= 0.3 is 0 Å². The first kappa shape index (κ1) is 21.6. The quantitative estimate of drug-likeness (QED) is 0.431. The van der Waals surface area contributed by atoms with Crippen LogP contribution < -0.4 is 25.0 Å². The highest BCUT2D eigenvalue weighted by atomic mass is 16.5. The van der Waals surface area contributed by atoms with E-state index in [1.54, 1.807) is 24.3 Å². The van der Waals surface area contributed by atoms with E-state index < -0.39 is 5.91 Å². The van der Waals surface area contributed by atoms with E-state index in [0.29, 0.717) is 28.4 Å². The second-order valence-electron chi connectivity index (χ2n) is 6.46. The van der Waals surface area contributed by atoms with Crippen LogP contribution in [0.5, 0.6) is 17.2 Å². The number of amides is 2.